The Labute approximate surface area is 136 Å². The van der Waals surface area contributed by atoms with Crippen LogP contribution in [0.5, 0.6) is 0 Å². The predicted molar refractivity (Wildman–Crippen MR) is 89.5 cm³/mol. The van der Waals surface area contributed by atoms with Gasteiger partial charge in [0.25, 0.3) is 0 Å². The number of carbonyl (C=O) groups is 2. The van der Waals surface area contributed by atoms with Gasteiger partial charge >= 0.3 is 5.97 Å². The minimum atomic E-state index is -0.311. The minimum absolute atomic E-state index is 0.0281. The first kappa shape index (κ1) is 17.0. The van der Waals surface area contributed by atoms with E-state index in [2.05, 4.69) is 12.2 Å². The molecule has 0 aromatic carbocycles. The molecule has 2 atom stereocenters. The zero-order valence-electron chi connectivity index (χ0n) is 13.8. The smallest absolute Gasteiger partial charge is 0.341 e. The molecule has 0 unspecified atom stereocenters. The van der Waals surface area contributed by atoms with Crippen LogP contribution in [0.3, 0.4) is 0 Å². The van der Waals surface area contributed by atoms with Gasteiger partial charge in [0.15, 0.2) is 0 Å². The summed E-state index contributed by atoms with van der Waals surface area (Å²) >= 11 is 1.54. The van der Waals surface area contributed by atoms with E-state index in [1.165, 1.54) is 4.88 Å². The fourth-order valence-electron chi connectivity index (χ4n) is 2.68. The Balaban J connectivity index is 2.35. The first-order valence-corrected chi connectivity index (χ1v) is 8.92. The lowest BCUT2D eigenvalue weighted by Crippen LogP contribution is -2.21. The third-order valence-electron chi connectivity index (χ3n) is 4.29. The zero-order valence-corrected chi connectivity index (χ0v) is 14.6. The van der Waals surface area contributed by atoms with Crippen LogP contribution in [-0.2, 0) is 22.4 Å². The van der Waals surface area contributed by atoms with Gasteiger partial charge in [-0.1, -0.05) is 20.8 Å². The van der Waals surface area contributed by atoms with Gasteiger partial charge in [-0.3, -0.25) is 4.79 Å². The quantitative estimate of drug-likeness (QED) is 0.832. The van der Waals surface area contributed by atoms with E-state index in [0.717, 1.165) is 31.2 Å². The van der Waals surface area contributed by atoms with Crippen LogP contribution in [0.4, 0.5) is 5.00 Å². The molecule has 1 amide bonds. The van der Waals surface area contributed by atoms with Crippen LogP contribution in [0.15, 0.2) is 0 Å². The molecule has 1 aromatic heterocycles. The first-order valence-electron chi connectivity index (χ1n) is 8.10. The van der Waals surface area contributed by atoms with Crippen molar-refractivity contribution in [2.45, 2.75) is 53.4 Å². The van der Waals surface area contributed by atoms with Crippen LogP contribution in [0.1, 0.15) is 61.3 Å². The molecule has 122 valence electrons. The number of carbonyl (C=O) groups excluding carboxylic acids is 2. The topological polar surface area (TPSA) is 55.4 Å². The largest absolute Gasteiger partial charge is 0.462 e. The highest BCUT2D eigenvalue weighted by Gasteiger charge is 2.29. The lowest BCUT2D eigenvalue weighted by molar-refractivity contribution is -0.119. The van der Waals surface area contributed by atoms with Gasteiger partial charge in [0, 0.05) is 10.8 Å². The van der Waals surface area contributed by atoms with Crippen LogP contribution in [0.2, 0.25) is 0 Å². The Hall–Kier alpha value is -1.36. The average Bonchev–Trinajstić information content (AvgIpc) is 2.83. The van der Waals surface area contributed by atoms with Gasteiger partial charge in [-0.15, -0.1) is 11.3 Å². The second-order valence-electron chi connectivity index (χ2n) is 6.07. The Kier molecular flexibility index (Phi) is 5.62. The van der Waals surface area contributed by atoms with Crippen molar-refractivity contribution in [3.63, 3.8) is 0 Å². The van der Waals surface area contributed by atoms with Crippen molar-refractivity contribution < 1.29 is 14.3 Å². The number of thiophene rings is 1. The number of hydrogen-bond donors (Lipinski definition) is 1. The van der Waals surface area contributed by atoms with Crippen molar-refractivity contribution in [3.8, 4) is 0 Å². The number of anilines is 1. The van der Waals surface area contributed by atoms with E-state index in [4.69, 9.17) is 4.74 Å². The number of ether oxygens (including phenoxy) is 1. The third kappa shape index (κ3) is 3.51. The molecule has 2 rings (SSSR count). The molecule has 1 N–H and O–H groups in total. The van der Waals surface area contributed by atoms with Gasteiger partial charge in [-0.25, -0.2) is 4.79 Å². The number of amides is 1. The van der Waals surface area contributed by atoms with Crippen LogP contribution >= 0.6 is 11.3 Å². The summed E-state index contributed by atoms with van der Waals surface area (Å²) in [6.45, 7) is 8.26. The molecule has 1 aromatic rings. The summed E-state index contributed by atoms with van der Waals surface area (Å²) in [7, 11) is 0. The van der Waals surface area contributed by atoms with Crippen molar-refractivity contribution in [1.82, 2.24) is 0 Å². The summed E-state index contributed by atoms with van der Waals surface area (Å²) in [5, 5.41) is 3.62. The second kappa shape index (κ2) is 7.27. The third-order valence-corrected chi connectivity index (χ3v) is 5.46. The van der Waals surface area contributed by atoms with Crippen molar-refractivity contribution in [2.24, 2.45) is 11.8 Å². The molecule has 4 nitrogen and oxygen atoms in total. The fourth-order valence-corrected chi connectivity index (χ4v) is 4.08. The molecule has 0 spiro atoms. The summed E-state index contributed by atoms with van der Waals surface area (Å²) in [5.41, 5.74) is 1.67. The average molecular weight is 323 g/mol. The monoisotopic (exact) mass is 323 g/mol. The van der Waals surface area contributed by atoms with E-state index in [0.29, 0.717) is 23.1 Å². The molecule has 0 radical (unpaired) electrons. The van der Waals surface area contributed by atoms with E-state index < -0.39 is 0 Å². The highest BCUT2D eigenvalue weighted by atomic mass is 32.1. The van der Waals surface area contributed by atoms with Gasteiger partial charge in [-0.2, -0.15) is 0 Å². The molecule has 0 saturated heterocycles. The van der Waals surface area contributed by atoms with Crippen molar-refractivity contribution in [3.05, 3.63) is 16.0 Å². The van der Waals surface area contributed by atoms with Crippen LogP contribution < -0.4 is 5.32 Å². The molecule has 0 bridgehead atoms. The number of esters is 1. The number of hydrogen-bond acceptors (Lipinski definition) is 4. The van der Waals surface area contributed by atoms with E-state index >= 15 is 0 Å². The standard InChI is InChI=1S/C17H25NO3S/c1-5-11(4)15(19)18-16-14(17(20)21-6-2)12-8-7-10(3)9-13(12)22-16/h10-11H,5-9H2,1-4H3,(H,18,19)/t10-,11-/m1/s1. The second-order valence-corrected chi connectivity index (χ2v) is 7.18. The van der Waals surface area contributed by atoms with Gasteiger partial charge in [0.05, 0.1) is 12.2 Å². The maximum absolute atomic E-state index is 12.3. The van der Waals surface area contributed by atoms with Crippen molar-refractivity contribution >= 4 is 28.2 Å². The summed E-state index contributed by atoms with van der Waals surface area (Å²) in [6.07, 6.45) is 3.73. The van der Waals surface area contributed by atoms with Gasteiger partial charge < -0.3 is 10.1 Å². The molecule has 0 fully saturated rings. The lowest BCUT2D eigenvalue weighted by Gasteiger charge is -2.18. The molecular weight excluding hydrogens is 298 g/mol. The number of fused-ring (bicyclic) bond motifs is 1. The SMILES string of the molecule is CCOC(=O)c1c(NC(=O)[C@H](C)CC)sc2c1CC[C@@H](C)C2. The molecular formula is C17H25NO3S. The normalized spacial score (nSPS) is 18.5. The van der Waals surface area contributed by atoms with E-state index in [-0.39, 0.29) is 17.8 Å². The van der Waals surface area contributed by atoms with Crippen molar-refractivity contribution in [2.75, 3.05) is 11.9 Å². The minimum Gasteiger partial charge on any atom is -0.462 e. The van der Waals surface area contributed by atoms with E-state index in [1.807, 2.05) is 13.8 Å². The Morgan fingerprint density at radius 3 is 2.77 bits per heavy atom. The van der Waals surface area contributed by atoms with E-state index in [1.54, 1.807) is 18.3 Å². The predicted octanol–water partition coefficient (Wildman–Crippen LogP) is 4.03. The first-order chi connectivity index (χ1) is 10.5. The summed E-state index contributed by atoms with van der Waals surface area (Å²) in [5.74, 6) is 0.223. The Morgan fingerprint density at radius 1 is 1.41 bits per heavy atom. The Bertz CT molecular complexity index is 564. The maximum atomic E-state index is 12.3. The van der Waals surface area contributed by atoms with Crippen molar-refractivity contribution in [1.29, 1.82) is 0 Å². The van der Waals surface area contributed by atoms with Crippen LogP contribution in [0.25, 0.3) is 0 Å². The summed E-state index contributed by atoms with van der Waals surface area (Å²) in [4.78, 5) is 25.8. The van der Waals surface area contributed by atoms with Crippen LogP contribution in [0, 0.1) is 11.8 Å². The molecule has 1 aliphatic rings. The summed E-state index contributed by atoms with van der Waals surface area (Å²) in [6, 6.07) is 0. The Morgan fingerprint density at radius 2 is 2.14 bits per heavy atom. The summed E-state index contributed by atoms with van der Waals surface area (Å²) < 4.78 is 5.20. The van der Waals surface area contributed by atoms with Gasteiger partial charge in [0.1, 0.15) is 5.00 Å². The molecule has 0 aliphatic heterocycles. The fraction of sp³-hybridized carbons (Fsp3) is 0.647. The highest BCUT2D eigenvalue weighted by molar-refractivity contribution is 7.17. The number of nitrogens with one attached hydrogen (secondary N) is 1. The van der Waals surface area contributed by atoms with Gasteiger partial charge in [0.2, 0.25) is 5.91 Å². The molecule has 1 aliphatic carbocycles. The zero-order chi connectivity index (χ0) is 16.3. The molecule has 0 saturated carbocycles. The van der Waals surface area contributed by atoms with Gasteiger partial charge in [-0.05, 0) is 44.1 Å². The van der Waals surface area contributed by atoms with E-state index in [9.17, 15) is 9.59 Å². The highest BCUT2D eigenvalue weighted by Crippen LogP contribution is 2.40. The molecule has 1 heterocycles. The maximum Gasteiger partial charge on any atom is 0.341 e. The van der Waals surface area contributed by atoms with Crippen LogP contribution in [-0.4, -0.2) is 18.5 Å². The molecule has 5 heteroatoms. The number of rotatable bonds is 5. The molecule has 22 heavy (non-hydrogen) atoms. The lowest BCUT2D eigenvalue weighted by atomic mass is 9.88.